The summed E-state index contributed by atoms with van der Waals surface area (Å²) in [6.45, 7) is -0.164. The number of benzene rings is 2. The third-order valence-electron chi connectivity index (χ3n) is 2.63. The van der Waals surface area contributed by atoms with E-state index in [4.69, 9.17) is 21.5 Å². The average molecular weight is 334 g/mol. The molecule has 0 aromatic heterocycles. The minimum atomic E-state index is -4.20. The molecule has 21 heavy (non-hydrogen) atoms. The van der Waals surface area contributed by atoms with Crippen molar-refractivity contribution in [2.75, 3.05) is 0 Å². The maximum absolute atomic E-state index is 13.7. The van der Waals surface area contributed by atoms with E-state index in [1.54, 1.807) is 24.3 Å². The van der Waals surface area contributed by atoms with Crippen LogP contribution in [0.25, 0.3) is 0 Å². The Kier molecular flexibility index (Phi) is 4.46. The van der Waals surface area contributed by atoms with Crippen molar-refractivity contribution in [1.29, 1.82) is 0 Å². The van der Waals surface area contributed by atoms with Gasteiger partial charge in [0.2, 0.25) is 10.0 Å². The van der Waals surface area contributed by atoms with Gasteiger partial charge in [-0.05, 0) is 18.2 Å². The number of nitrogens with two attached hydrogens (primary N) is 1. The molecule has 0 atom stereocenters. The molecular weight excluding hydrogens is 324 g/mol. The normalized spacial score (nSPS) is 11.4. The van der Waals surface area contributed by atoms with E-state index < -0.39 is 32.3 Å². The molecule has 2 aromatic rings. The lowest BCUT2D eigenvalue weighted by Crippen LogP contribution is -2.13. The second-order valence-corrected chi connectivity index (χ2v) is 6.11. The van der Waals surface area contributed by atoms with E-state index in [0.29, 0.717) is 22.7 Å². The second kappa shape index (κ2) is 5.97. The zero-order chi connectivity index (χ0) is 15.6. The molecule has 2 rings (SSSR count). The first kappa shape index (κ1) is 15.7. The Hall–Kier alpha value is -1.70. The fourth-order valence-corrected chi connectivity index (χ4v) is 2.33. The van der Waals surface area contributed by atoms with Gasteiger partial charge in [0.25, 0.3) is 0 Å². The van der Waals surface area contributed by atoms with Gasteiger partial charge in [0.1, 0.15) is 6.61 Å². The quantitative estimate of drug-likeness (QED) is 0.935. The van der Waals surface area contributed by atoms with Crippen LogP contribution in [0.4, 0.5) is 8.78 Å². The summed E-state index contributed by atoms with van der Waals surface area (Å²) >= 11 is 5.89. The van der Waals surface area contributed by atoms with Crippen molar-refractivity contribution >= 4 is 21.6 Å². The van der Waals surface area contributed by atoms with Crippen LogP contribution in [0.3, 0.4) is 0 Å². The Morgan fingerprint density at radius 2 is 1.71 bits per heavy atom. The molecule has 8 heteroatoms. The zero-order valence-corrected chi connectivity index (χ0v) is 12.1. The molecule has 2 aromatic carbocycles. The van der Waals surface area contributed by atoms with Gasteiger partial charge < -0.3 is 4.74 Å². The summed E-state index contributed by atoms with van der Waals surface area (Å²) in [5.74, 6) is -3.01. The standard InChI is InChI=1S/C13H10ClF2NO3S/c14-10-4-2-1-3-8(10)7-20-13-11(15)5-9(6-12(13)16)21(17,18)19/h1-6H,7H2,(H2,17,18,19). The Morgan fingerprint density at radius 3 is 2.24 bits per heavy atom. The van der Waals surface area contributed by atoms with Crippen molar-refractivity contribution in [3.05, 3.63) is 58.6 Å². The Bertz CT molecular complexity index is 758. The van der Waals surface area contributed by atoms with Crippen LogP contribution >= 0.6 is 11.6 Å². The molecule has 0 saturated heterocycles. The van der Waals surface area contributed by atoms with E-state index in [2.05, 4.69) is 0 Å². The molecule has 0 unspecified atom stereocenters. The molecule has 0 radical (unpaired) electrons. The summed E-state index contributed by atoms with van der Waals surface area (Å²) in [6, 6.07) is 7.84. The summed E-state index contributed by atoms with van der Waals surface area (Å²) < 4.78 is 54.6. The Morgan fingerprint density at radius 1 is 1.14 bits per heavy atom. The molecule has 0 aliphatic rings. The topological polar surface area (TPSA) is 69.4 Å². The van der Waals surface area contributed by atoms with E-state index in [-0.39, 0.29) is 6.61 Å². The molecule has 112 valence electrons. The predicted octanol–water partition coefficient (Wildman–Crippen LogP) is 2.84. The van der Waals surface area contributed by atoms with Gasteiger partial charge in [-0.15, -0.1) is 0 Å². The van der Waals surface area contributed by atoms with Gasteiger partial charge in [-0.1, -0.05) is 29.8 Å². The zero-order valence-electron chi connectivity index (χ0n) is 10.5. The minimum Gasteiger partial charge on any atom is -0.483 e. The SMILES string of the molecule is NS(=O)(=O)c1cc(F)c(OCc2ccccc2Cl)c(F)c1. The Balaban J connectivity index is 2.28. The van der Waals surface area contributed by atoms with Crippen LogP contribution in [0.5, 0.6) is 5.75 Å². The average Bonchev–Trinajstić information content (AvgIpc) is 2.38. The van der Waals surface area contributed by atoms with E-state index in [0.717, 1.165) is 0 Å². The third kappa shape index (κ3) is 3.69. The predicted molar refractivity (Wildman–Crippen MR) is 73.5 cm³/mol. The van der Waals surface area contributed by atoms with Crippen molar-refractivity contribution < 1.29 is 21.9 Å². The summed E-state index contributed by atoms with van der Waals surface area (Å²) in [4.78, 5) is -0.664. The first-order valence-corrected chi connectivity index (χ1v) is 7.59. The number of hydrogen-bond donors (Lipinski definition) is 1. The van der Waals surface area contributed by atoms with Gasteiger partial charge in [-0.2, -0.15) is 0 Å². The number of ether oxygens (including phenoxy) is 1. The van der Waals surface area contributed by atoms with Crippen LogP contribution in [0.1, 0.15) is 5.56 Å². The largest absolute Gasteiger partial charge is 0.483 e. The van der Waals surface area contributed by atoms with Crippen LogP contribution in [0.15, 0.2) is 41.3 Å². The van der Waals surface area contributed by atoms with Gasteiger partial charge in [-0.25, -0.2) is 22.3 Å². The molecule has 0 heterocycles. The van der Waals surface area contributed by atoms with Crippen LogP contribution < -0.4 is 9.88 Å². The lowest BCUT2D eigenvalue weighted by Gasteiger charge is -2.10. The lowest BCUT2D eigenvalue weighted by atomic mass is 10.2. The van der Waals surface area contributed by atoms with Gasteiger partial charge in [-0.3, -0.25) is 0 Å². The number of hydrogen-bond acceptors (Lipinski definition) is 3. The second-order valence-electron chi connectivity index (χ2n) is 4.14. The maximum Gasteiger partial charge on any atom is 0.238 e. The fraction of sp³-hybridized carbons (Fsp3) is 0.0769. The molecule has 0 amide bonds. The summed E-state index contributed by atoms with van der Waals surface area (Å²) in [5.41, 5.74) is 0.536. The first-order valence-electron chi connectivity index (χ1n) is 5.67. The molecule has 4 nitrogen and oxygen atoms in total. The highest BCUT2D eigenvalue weighted by molar-refractivity contribution is 7.89. The molecule has 0 saturated carbocycles. The third-order valence-corrected chi connectivity index (χ3v) is 3.89. The lowest BCUT2D eigenvalue weighted by molar-refractivity contribution is 0.273. The van der Waals surface area contributed by atoms with E-state index in [9.17, 15) is 17.2 Å². The molecule has 0 aliphatic heterocycles. The van der Waals surface area contributed by atoms with Crippen molar-refractivity contribution in [1.82, 2.24) is 0 Å². The molecule has 0 spiro atoms. The van der Waals surface area contributed by atoms with E-state index >= 15 is 0 Å². The smallest absolute Gasteiger partial charge is 0.238 e. The van der Waals surface area contributed by atoms with Crippen molar-refractivity contribution in [2.24, 2.45) is 5.14 Å². The van der Waals surface area contributed by atoms with Crippen LogP contribution in [0.2, 0.25) is 5.02 Å². The Labute approximate surface area is 125 Å². The van der Waals surface area contributed by atoms with Gasteiger partial charge in [0, 0.05) is 10.6 Å². The van der Waals surface area contributed by atoms with E-state index in [1.807, 2.05) is 0 Å². The van der Waals surface area contributed by atoms with E-state index in [1.165, 1.54) is 0 Å². The highest BCUT2D eigenvalue weighted by atomic mass is 35.5. The monoisotopic (exact) mass is 333 g/mol. The van der Waals surface area contributed by atoms with Gasteiger partial charge in [0.05, 0.1) is 4.90 Å². The first-order chi connectivity index (χ1) is 9.79. The minimum absolute atomic E-state index is 0.164. The number of rotatable bonds is 4. The molecule has 2 N–H and O–H groups in total. The molecule has 0 fully saturated rings. The highest BCUT2D eigenvalue weighted by Gasteiger charge is 2.18. The number of primary sulfonamides is 1. The molecule has 0 aliphatic carbocycles. The highest BCUT2D eigenvalue weighted by Crippen LogP contribution is 2.26. The summed E-state index contributed by atoms with van der Waals surface area (Å²) in [7, 11) is -4.20. The molecular formula is C13H10ClF2NO3S. The van der Waals surface area contributed by atoms with Crippen LogP contribution in [0, 0.1) is 11.6 Å². The van der Waals surface area contributed by atoms with Crippen LogP contribution in [-0.2, 0) is 16.6 Å². The van der Waals surface area contributed by atoms with Crippen LogP contribution in [-0.4, -0.2) is 8.42 Å². The molecule has 0 bridgehead atoms. The van der Waals surface area contributed by atoms with Crippen molar-refractivity contribution in [2.45, 2.75) is 11.5 Å². The fourth-order valence-electron chi connectivity index (χ4n) is 1.60. The summed E-state index contributed by atoms with van der Waals surface area (Å²) in [5, 5.41) is 5.20. The maximum atomic E-state index is 13.7. The number of halogens is 3. The summed E-state index contributed by atoms with van der Waals surface area (Å²) in [6.07, 6.45) is 0. The van der Waals surface area contributed by atoms with Crippen molar-refractivity contribution in [3.63, 3.8) is 0 Å². The number of sulfonamides is 1. The van der Waals surface area contributed by atoms with Crippen molar-refractivity contribution in [3.8, 4) is 5.75 Å². The van der Waals surface area contributed by atoms with Gasteiger partial charge >= 0.3 is 0 Å². The van der Waals surface area contributed by atoms with Gasteiger partial charge in [0.15, 0.2) is 17.4 Å².